The molecule has 0 aromatic heterocycles. The van der Waals surface area contributed by atoms with Gasteiger partial charge in [-0.15, -0.1) is 0 Å². The van der Waals surface area contributed by atoms with Crippen molar-refractivity contribution in [2.75, 3.05) is 6.54 Å². The SMILES string of the molecule is C[C@@H](CN=C=O)O[Si](c1ccccc1)(c1ccccc1)C(C)(C)C. The van der Waals surface area contributed by atoms with Crippen molar-refractivity contribution in [2.45, 2.75) is 38.8 Å². The summed E-state index contributed by atoms with van der Waals surface area (Å²) in [6.07, 6.45) is 1.46. The third-order valence-corrected chi connectivity index (χ3v) is 9.37. The van der Waals surface area contributed by atoms with E-state index in [2.05, 4.69) is 74.3 Å². The monoisotopic (exact) mass is 339 g/mol. The van der Waals surface area contributed by atoms with Gasteiger partial charge in [-0.05, 0) is 22.3 Å². The molecule has 0 unspecified atom stereocenters. The van der Waals surface area contributed by atoms with Crippen LogP contribution in [0, 0.1) is 0 Å². The zero-order valence-corrected chi connectivity index (χ0v) is 15.8. The van der Waals surface area contributed by atoms with Gasteiger partial charge in [0.05, 0.1) is 12.6 Å². The molecule has 0 aliphatic carbocycles. The van der Waals surface area contributed by atoms with E-state index in [1.165, 1.54) is 10.4 Å². The van der Waals surface area contributed by atoms with Crippen molar-refractivity contribution < 1.29 is 9.22 Å². The van der Waals surface area contributed by atoms with Gasteiger partial charge in [-0.25, -0.2) is 9.79 Å². The summed E-state index contributed by atoms with van der Waals surface area (Å²) < 4.78 is 6.74. The Kier molecular flexibility index (Phi) is 5.89. The van der Waals surface area contributed by atoms with Gasteiger partial charge in [0.2, 0.25) is 6.08 Å². The first kappa shape index (κ1) is 18.3. The van der Waals surface area contributed by atoms with Gasteiger partial charge in [-0.3, -0.25) is 0 Å². The molecule has 2 aromatic rings. The van der Waals surface area contributed by atoms with Crippen LogP contribution >= 0.6 is 0 Å². The minimum atomic E-state index is -2.55. The molecule has 2 rings (SSSR count). The molecule has 4 heteroatoms. The minimum Gasteiger partial charge on any atom is -0.403 e. The highest BCUT2D eigenvalue weighted by Crippen LogP contribution is 2.37. The average Bonchev–Trinajstić information content (AvgIpc) is 2.58. The van der Waals surface area contributed by atoms with Crippen LogP contribution < -0.4 is 10.4 Å². The fourth-order valence-corrected chi connectivity index (χ4v) is 7.89. The van der Waals surface area contributed by atoms with Crippen molar-refractivity contribution in [3.63, 3.8) is 0 Å². The van der Waals surface area contributed by atoms with Crippen LogP contribution in [0.3, 0.4) is 0 Å². The summed E-state index contributed by atoms with van der Waals surface area (Å²) in [7, 11) is -2.55. The molecule has 0 radical (unpaired) electrons. The first-order valence-corrected chi connectivity index (χ1v) is 10.1. The molecule has 2 aromatic carbocycles. The summed E-state index contributed by atoms with van der Waals surface area (Å²) >= 11 is 0. The van der Waals surface area contributed by atoms with E-state index in [-0.39, 0.29) is 11.1 Å². The van der Waals surface area contributed by atoms with Gasteiger partial charge in [0.1, 0.15) is 0 Å². The molecule has 0 aliphatic heterocycles. The summed E-state index contributed by atoms with van der Waals surface area (Å²) in [6, 6.07) is 20.9. The van der Waals surface area contributed by atoms with Crippen molar-refractivity contribution in [3.05, 3.63) is 60.7 Å². The molecule has 0 bridgehead atoms. The van der Waals surface area contributed by atoms with Gasteiger partial charge in [0, 0.05) is 0 Å². The number of isocyanates is 1. The maximum atomic E-state index is 10.5. The third kappa shape index (κ3) is 3.73. The van der Waals surface area contributed by atoms with E-state index in [0.717, 1.165) is 0 Å². The Morgan fingerprint density at radius 2 is 1.46 bits per heavy atom. The van der Waals surface area contributed by atoms with Gasteiger partial charge in [-0.1, -0.05) is 81.4 Å². The highest BCUT2D eigenvalue weighted by molar-refractivity contribution is 6.99. The molecule has 0 spiro atoms. The molecule has 1 atom stereocenters. The Morgan fingerprint density at radius 1 is 1.00 bits per heavy atom. The van der Waals surface area contributed by atoms with E-state index >= 15 is 0 Å². The van der Waals surface area contributed by atoms with Crippen molar-refractivity contribution >= 4 is 24.8 Å². The van der Waals surface area contributed by atoms with Crippen molar-refractivity contribution in [2.24, 2.45) is 4.99 Å². The number of hydrogen-bond acceptors (Lipinski definition) is 3. The summed E-state index contributed by atoms with van der Waals surface area (Å²) in [4.78, 5) is 14.2. The lowest BCUT2D eigenvalue weighted by Gasteiger charge is -2.44. The molecule has 0 fully saturated rings. The average molecular weight is 340 g/mol. The molecule has 0 aliphatic rings. The second kappa shape index (κ2) is 7.71. The normalized spacial score (nSPS) is 13.2. The highest BCUT2D eigenvalue weighted by atomic mass is 28.4. The van der Waals surface area contributed by atoms with Crippen LogP contribution in [0.2, 0.25) is 5.04 Å². The Hall–Kier alpha value is -2.00. The molecule has 0 N–H and O–H groups in total. The maximum Gasteiger partial charge on any atom is 0.261 e. The van der Waals surface area contributed by atoms with Crippen LogP contribution in [0.5, 0.6) is 0 Å². The number of rotatable bonds is 6. The number of benzene rings is 2. The third-order valence-electron chi connectivity index (χ3n) is 4.21. The molecule has 3 nitrogen and oxygen atoms in total. The van der Waals surface area contributed by atoms with Gasteiger partial charge in [0.15, 0.2) is 0 Å². The summed E-state index contributed by atoms with van der Waals surface area (Å²) in [5, 5.41) is 2.38. The number of aliphatic imine (C=N–C) groups is 1. The molecule has 0 saturated carbocycles. The van der Waals surface area contributed by atoms with Crippen LogP contribution in [-0.2, 0) is 9.22 Å². The molecular weight excluding hydrogens is 314 g/mol. The largest absolute Gasteiger partial charge is 0.403 e. The van der Waals surface area contributed by atoms with E-state index in [9.17, 15) is 4.79 Å². The summed E-state index contributed by atoms with van der Waals surface area (Å²) in [6.45, 7) is 8.99. The predicted molar refractivity (Wildman–Crippen MR) is 101 cm³/mol. The number of nitrogens with zero attached hydrogens (tertiary/aromatic N) is 1. The quantitative estimate of drug-likeness (QED) is 0.460. The lowest BCUT2D eigenvalue weighted by atomic mass is 10.2. The fourth-order valence-electron chi connectivity index (χ4n) is 3.20. The van der Waals surface area contributed by atoms with Gasteiger partial charge in [-0.2, -0.15) is 0 Å². The molecule has 0 amide bonds. The molecule has 0 saturated heterocycles. The molecular formula is C20H25NO2Si. The standard InChI is InChI=1S/C20H25NO2Si/c1-17(15-21-16-22)23-24(20(2,3)4,18-11-7-5-8-12-18)19-13-9-6-10-14-19/h5-14,17H,15H2,1-4H3/t17-/m0/s1. The Bertz CT molecular complexity index is 649. The zero-order valence-electron chi connectivity index (χ0n) is 14.8. The Morgan fingerprint density at radius 3 is 1.83 bits per heavy atom. The van der Waals surface area contributed by atoms with Crippen molar-refractivity contribution in [1.29, 1.82) is 0 Å². The van der Waals surface area contributed by atoms with E-state index in [1.807, 2.05) is 19.1 Å². The molecule has 0 heterocycles. The van der Waals surface area contributed by atoms with Crippen LogP contribution in [-0.4, -0.2) is 27.0 Å². The van der Waals surface area contributed by atoms with Crippen LogP contribution in [0.1, 0.15) is 27.7 Å². The molecule has 126 valence electrons. The topological polar surface area (TPSA) is 38.7 Å². The lowest BCUT2D eigenvalue weighted by Crippen LogP contribution is -2.67. The van der Waals surface area contributed by atoms with E-state index in [0.29, 0.717) is 6.54 Å². The second-order valence-corrected chi connectivity index (χ2v) is 11.3. The Labute approximate surface area is 145 Å². The molecule has 24 heavy (non-hydrogen) atoms. The van der Waals surface area contributed by atoms with Crippen molar-refractivity contribution in [3.8, 4) is 0 Å². The minimum absolute atomic E-state index is 0.0745. The van der Waals surface area contributed by atoms with Crippen LogP contribution in [0.15, 0.2) is 65.7 Å². The highest BCUT2D eigenvalue weighted by Gasteiger charge is 2.50. The number of carbonyl (C=O) groups excluding carboxylic acids is 1. The Balaban J connectivity index is 2.63. The van der Waals surface area contributed by atoms with Gasteiger partial charge >= 0.3 is 0 Å². The van der Waals surface area contributed by atoms with Crippen molar-refractivity contribution in [1.82, 2.24) is 0 Å². The van der Waals surface area contributed by atoms with Crippen LogP contribution in [0.4, 0.5) is 0 Å². The van der Waals surface area contributed by atoms with Crippen LogP contribution in [0.25, 0.3) is 0 Å². The van der Waals surface area contributed by atoms with E-state index in [4.69, 9.17) is 4.43 Å². The summed E-state index contributed by atoms with van der Waals surface area (Å²) in [5.74, 6) is 0. The zero-order chi connectivity index (χ0) is 17.6. The number of hydrogen-bond donors (Lipinski definition) is 0. The van der Waals surface area contributed by atoms with E-state index in [1.54, 1.807) is 6.08 Å². The first-order chi connectivity index (χ1) is 11.4. The van der Waals surface area contributed by atoms with E-state index < -0.39 is 8.32 Å². The summed E-state index contributed by atoms with van der Waals surface area (Å²) in [5.41, 5.74) is 0. The van der Waals surface area contributed by atoms with Gasteiger partial charge < -0.3 is 4.43 Å². The predicted octanol–water partition coefficient (Wildman–Crippen LogP) is 3.29. The van der Waals surface area contributed by atoms with Gasteiger partial charge in [0.25, 0.3) is 8.32 Å². The first-order valence-electron chi connectivity index (χ1n) is 8.24. The maximum absolute atomic E-state index is 10.5. The smallest absolute Gasteiger partial charge is 0.261 e. The lowest BCUT2D eigenvalue weighted by molar-refractivity contribution is 0.214. The second-order valence-electron chi connectivity index (χ2n) is 7.02. The fraction of sp³-hybridized carbons (Fsp3) is 0.350.